The molecule has 21 heavy (non-hydrogen) atoms. The summed E-state index contributed by atoms with van der Waals surface area (Å²) in [6.07, 6.45) is 0. The first-order valence-corrected chi connectivity index (χ1v) is 6.82. The molecule has 4 heteroatoms. The molecule has 1 amide bonds. The standard InChI is InChI=1S/C17H20N2O2/c1-11-7-12(2)16(13(3)8-11)21-10-14-5-4-6-15(9-14)17(20)19-18/h4-9H,10,18H2,1-3H3,(H,19,20). The van der Waals surface area contributed by atoms with E-state index in [1.165, 1.54) is 5.56 Å². The number of carbonyl (C=O) groups excluding carboxylic acids is 1. The van der Waals surface area contributed by atoms with Gasteiger partial charge >= 0.3 is 0 Å². The van der Waals surface area contributed by atoms with Crippen molar-refractivity contribution in [2.75, 3.05) is 0 Å². The Hall–Kier alpha value is -2.33. The predicted octanol–water partition coefficient (Wildman–Crippen LogP) is 2.79. The van der Waals surface area contributed by atoms with Crippen molar-refractivity contribution in [3.8, 4) is 5.75 Å². The first-order chi connectivity index (χ1) is 10.0. The van der Waals surface area contributed by atoms with Gasteiger partial charge in [0.25, 0.3) is 5.91 Å². The fourth-order valence-electron chi connectivity index (χ4n) is 2.44. The highest BCUT2D eigenvalue weighted by Gasteiger charge is 2.07. The van der Waals surface area contributed by atoms with Crippen LogP contribution in [0.3, 0.4) is 0 Å². The smallest absolute Gasteiger partial charge is 0.265 e. The Morgan fingerprint density at radius 3 is 2.43 bits per heavy atom. The van der Waals surface area contributed by atoms with Crippen molar-refractivity contribution in [1.82, 2.24) is 5.43 Å². The van der Waals surface area contributed by atoms with Crippen molar-refractivity contribution in [3.63, 3.8) is 0 Å². The van der Waals surface area contributed by atoms with E-state index in [0.717, 1.165) is 22.4 Å². The van der Waals surface area contributed by atoms with Gasteiger partial charge in [-0.3, -0.25) is 10.2 Å². The predicted molar refractivity (Wildman–Crippen MR) is 83.1 cm³/mol. The number of nitrogens with two attached hydrogens (primary N) is 1. The summed E-state index contributed by atoms with van der Waals surface area (Å²) in [5.41, 5.74) is 7.03. The van der Waals surface area contributed by atoms with Gasteiger partial charge in [-0.15, -0.1) is 0 Å². The molecule has 4 nitrogen and oxygen atoms in total. The SMILES string of the molecule is Cc1cc(C)c(OCc2cccc(C(=O)NN)c2)c(C)c1. The molecule has 0 aliphatic rings. The van der Waals surface area contributed by atoms with Crippen LogP contribution in [0.1, 0.15) is 32.6 Å². The van der Waals surface area contributed by atoms with E-state index >= 15 is 0 Å². The van der Waals surface area contributed by atoms with E-state index in [1.807, 2.05) is 26.0 Å². The Bertz CT molecular complexity index is 643. The maximum Gasteiger partial charge on any atom is 0.265 e. The molecule has 110 valence electrons. The molecule has 0 spiro atoms. The van der Waals surface area contributed by atoms with Crippen molar-refractivity contribution >= 4 is 5.91 Å². The molecule has 0 atom stereocenters. The molecule has 0 unspecified atom stereocenters. The number of ether oxygens (including phenoxy) is 1. The van der Waals surface area contributed by atoms with Crippen molar-refractivity contribution in [1.29, 1.82) is 0 Å². The van der Waals surface area contributed by atoms with Crippen molar-refractivity contribution in [2.24, 2.45) is 5.84 Å². The number of nitrogen functional groups attached to an aromatic ring is 1. The van der Waals surface area contributed by atoms with Crippen LogP contribution in [-0.2, 0) is 6.61 Å². The first-order valence-electron chi connectivity index (χ1n) is 6.82. The fraction of sp³-hybridized carbons (Fsp3) is 0.235. The van der Waals surface area contributed by atoms with Crippen LogP contribution >= 0.6 is 0 Å². The maximum absolute atomic E-state index is 11.5. The van der Waals surface area contributed by atoms with E-state index in [2.05, 4.69) is 24.5 Å². The van der Waals surface area contributed by atoms with Crippen LogP contribution in [0, 0.1) is 20.8 Å². The molecule has 0 heterocycles. The monoisotopic (exact) mass is 284 g/mol. The third-order valence-corrected chi connectivity index (χ3v) is 3.31. The lowest BCUT2D eigenvalue weighted by Gasteiger charge is -2.13. The molecular formula is C17H20N2O2. The van der Waals surface area contributed by atoms with Gasteiger partial charge in [0.15, 0.2) is 0 Å². The molecule has 2 aromatic rings. The number of amides is 1. The maximum atomic E-state index is 11.5. The van der Waals surface area contributed by atoms with Crippen LogP contribution in [0.15, 0.2) is 36.4 Å². The van der Waals surface area contributed by atoms with E-state index < -0.39 is 0 Å². The molecule has 2 aromatic carbocycles. The summed E-state index contributed by atoms with van der Waals surface area (Å²) in [7, 11) is 0. The van der Waals surface area contributed by atoms with Gasteiger partial charge in [-0.2, -0.15) is 0 Å². The van der Waals surface area contributed by atoms with Gasteiger partial charge < -0.3 is 4.74 Å². The van der Waals surface area contributed by atoms with E-state index in [9.17, 15) is 4.79 Å². The minimum Gasteiger partial charge on any atom is -0.488 e. The first kappa shape index (κ1) is 15.1. The quantitative estimate of drug-likeness (QED) is 0.515. The molecule has 0 bridgehead atoms. The van der Waals surface area contributed by atoms with E-state index in [0.29, 0.717) is 12.2 Å². The summed E-state index contributed by atoms with van der Waals surface area (Å²) >= 11 is 0. The number of aryl methyl sites for hydroxylation is 3. The molecule has 0 aromatic heterocycles. The van der Waals surface area contributed by atoms with Crippen LogP contribution < -0.4 is 16.0 Å². The topological polar surface area (TPSA) is 64.3 Å². The largest absolute Gasteiger partial charge is 0.488 e. The van der Waals surface area contributed by atoms with E-state index in [4.69, 9.17) is 10.6 Å². The Labute approximate surface area is 124 Å². The lowest BCUT2D eigenvalue weighted by atomic mass is 10.1. The Morgan fingerprint density at radius 1 is 1.14 bits per heavy atom. The lowest BCUT2D eigenvalue weighted by Crippen LogP contribution is -2.30. The Kier molecular flexibility index (Phi) is 4.60. The molecule has 0 saturated carbocycles. The van der Waals surface area contributed by atoms with Crippen LogP contribution in [-0.4, -0.2) is 5.91 Å². The number of hydrogen-bond acceptors (Lipinski definition) is 3. The van der Waals surface area contributed by atoms with Crippen molar-refractivity contribution in [3.05, 3.63) is 64.2 Å². The third kappa shape index (κ3) is 3.61. The number of rotatable bonds is 4. The summed E-state index contributed by atoms with van der Waals surface area (Å²) in [6.45, 7) is 6.55. The van der Waals surface area contributed by atoms with E-state index in [-0.39, 0.29) is 5.91 Å². The molecule has 0 aliphatic heterocycles. The fourth-order valence-corrected chi connectivity index (χ4v) is 2.44. The minimum atomic E-state index is -0.306. The highest BCUT2D eigenvalue weighted by atomic mass is 16.5. The van der Waals surface area contributed by atoms with Crippen LogP contribution in [0.25, 0.3) is 0 Å². The van der Waals surface area contributed by atoms with E-state index in [1.54, 1.807) is 12.1 Å². The number of hydrazine groups is 1. The molecular weight excluding hydrogens is 264 g/mol. The number of benzene rings is 2. The van der Waals surface area contributed by atoms with Gasteiger partial charge in [0.05, 0.1) is 0 Å². The van der Waals surface area contributed by atoms with Crippen molar-refractivity contribution < 1.29 is 9.53 Å². The average Bonchev–Trinajstić information content (AvgIpc) is 2.45. The molecule has 0 saturated heterocycles. The third-order valence-electron chi connectivity index (χ3n) is 3.31. The van der Waals surface area contributed by atoms with Gasteiger partial charge in [0.1, 0.15) is 12.4 Å². The second kappa shape index (κ2) is 6.41. The minimum absolute atomic E-state index is 0.306. The zero-order valence-corrected chi connectivity index (χ0v) is 12.6. The average molecular weight is 284 g/mol. The van der Waals surface area contributed by atoms with Gasteiger partial charge in [-0.1, -0.05) is 29.8 Å². The summed E-state index contributed by atoms with van der Waals surface area (Å²) in [6, 6.07) is 11.4. The number of carbonyl (C=O) groups is 1. The van der Waals surface area contributed by atoms with Crippen molar-refractivity contribution in [2.45, 2.75) is 27.4 Å². The lowest BCUT2D eigenvalue weighted by molar-refractivity contribution is 0.0953. The number of nitrogens with one attached hydrogen (secondary N) is 1. The molecule has 0 fully saturated rings. The summed E-state index contributed by atoms with van der Waals surface area (Å²) in [4.78, 5) is 11.5. The molecule has 0 aliphatic carbocycles. The second-order valence-electron chi connectivity index (χ2n) is 5.19. The highest BCUT2D eigenvalue weighted by Crippen LogP contribution is 2.25. The Balaban J connectivity index is 2.15. The second-order valence-corrected chi connectivity index (χ2v) is 5.19. The summed E-state index contributed by atoms with van der Waals surface area (Å²) in [5, 5.41) is 0. The van der Waals surface area contributed by atoms with Gasteiger partial charge in [0.2, 0.25) is 0 Å². The molecule has 0 radical (unpaired) electrons. The van der Waals surface area contributed by atoms with Crippen LogP contribution in [0.4, 0.5) is 0 Å². The summed E-state index contributed by atoms with van der Waals surface area (Å²) in [5.74, 6) is 5.73. The Morgan fingerprint density at radius 2 is 1.81 bits per heavy atom. The number of hydrogen-bond donors (Lipinski definition) is 2. The zero-order chi connectivity index (χ0) is 15.4. The van der Waals surface area contributed by atoms with Crippen LogP contribution in [0.2, 0.25) is 0 Å². The molecule has 2 rings (SSSR count). The summed E-state index contributed by atoms with van der Waals surface area (Å²) < 4.78 is 5.91. The van der Waals surface area contributed by atoms with Crippen LogP contribution in [0.5, 0.6) is 5.75 Å². The van der Waals surface area contributed by atoms with Gasteiger partial charge in [-0.25, -0.2) is 5.84 Å². The van der Waals surface area contributed by atoms with Gasteiger partial charge in [-0.05, 0) is 49.6 Å². The zero-order valence-electron chi connectivity index (χ0n) is 12.6. The normalized spacial score (nSPS) is 10.3. The van der Waals surface area contributed by atoms with Gasteiger partial charge in [0, 0.05) is 5.56 Å². The molecule has 3 N–H and O–H groups in total. The highest BCUT2D eigenvalue weighted by molar-refractivity contribution is 5.93.